The number of hydrogen-bond acceptors (Lipinski definition) is 2. The van der Waals surface area contributed by atoms with Crippen LogP contribution in [0.4, 0.5) is 0 Å². The van der Waals surface area contributed by atoms with E-state index < -0.39 is 0 Å². The zero-order valence-electron chi connectivity index (χ0n) is 11.0. The number of amides is 1. The summed E-state index contributed by atoms with van der Waals surface area (Å²) < 4.78 is 0. The van der Waals surface area contributed by atoms with E-state index in [1.807, 2.05) is 31.2 Å². The van der Waals surface area contributed by atoms with E-state index in [4.69, 9.17) is 0 Å². The summed E-state index contributed by atoms with van der Waals surface area (Å²) in [5, 5.41) is 3.40. The summed E-state index contributed by atoms with van der Waals surface area (Å²) >= 11 is 0. The molecule has 0 aromatic heterocycles. The Bertz CT molecular complexity index is 471. The van der Waals surface area contributed by atoms with Gasteiger partial charge in [-0.05, 0) is 38.3 Å². The smallest absolute Gasteiger partial charge is 0.254 e. The van der Waals surface area contributed by atoms with E-state index >= 15 is 0 Å². The van der Waals surface area contributed by atoms with Crippen molar-refractivity contribution in [2.45, 2.75) is 32.4 Å². The van der Waals surface area contributed by atoms with Gasteiger partial charge in [-0.15, -0.1) is 0 Å². The lowest BCUT2D eigenvalue weighted by Crippen LogP contribution is -2.42. The van der Waals surface area contributed by atoms with Crippen molar-refractivity contribution >= 4 is 5.91 Å². The van der Waals surface area contributed by atoms with Gasteiger partial charge in [0, 0.05) is 30.7 Å². The number of rotatable bonds is 1. The van der Waals surface area contributed by atoms with Crippen LogP contribution < -0.4 is 5.32 Å². The molecule has 1 N–H and O–H groups in total. The molecular weight excluding hydrogens is 224 g/mol. The topological polar surface area (TPSA) is 32.3 Å². The molecule has 2 heterocycles. The summed E-state index contributed by atoms with van der Waals surface area (Å²) in [5.74, 6) is 0.844. The standard InChI is InChI=1S/C15H20N2O/c1-10-4-3-5-12(6-10)15(18)17-11(2)7-13-8-16-9-14(13)17/h3-6,11,13-14,16H,7-9H2,1-2H3. The maximum Gasteiger partial charge on any atom is 0.254 e. The molecule has 3 heteroatoms. The third-order valence-corrected chi connectivity index (χ3v) is 4.28. The molecule has 1 aromatic rings. The first-order chi connectivity index (χ1) is 8.66. The number of nitrogens with zero attached hydrogens (tertiary/aromatic N) is 1. The zero-order chi connectivity index (χ0) is 12.7. The van der Waals surface area contributed by atoms with Crippen LogP contribution in [0.5, 0.6) is 0 Å². The molecule has 3 nitrogen and oxygen atoms in total. The molecule has 2 aliphatic heterocycles. The second kappa shape index (κ2) is 4.39. The quantitative estimate of drug-likeness (QED) is 0.817. The van der Waals surface area contributed by atoms with Gasteiger partial charge >= 0.3 is 0 Å². The highest BCUT2D eigenvalue weighted by Gasteiger charge is 2.44. The van der Waals surface area contributed by atoms with Gasteiger partial charge in [-0.3, -0.25) is 4.79 Å². The van der Waals surface area contributed by atoms with Crippen LogP contribution in [0.2, 0.25) is 0 Å². The Morgan fingerprint density at radius 3 is 3.00 bits per heavy atom. The van der Waals surface area contributed by atoms with Crippen LogP contribution in [0.1, 0.15) is 29.3 Å². The molecule has 0 saturated carbocycles. The van der Waals surface area contributed by atoms with E-state index in [0.29, 0.717) is 18.0 Å². The number of carbonyl (C=O) groups is 1. The molecule has 0 spiro atoms. The largest absolute Gasteiger partial charge is 0.331 e. The lowest BCUT2D eigenvalue weighted by Gasteiger charge is -2.27. The molecule has 3 unspecified atom stereocenters. The highest BCUT2D eigenvalue weighted by molar-refractivity contribution is 5.95. The summed E-state index contributed by atoms with van der Waals surface area (Å²) in [5.41, 5.74) is 1.98. The number of fused-ring (bicyclic) bond motifs is 1. The number of carbonyl (C=O) groups excluding carboxylic acids is 1. The first-order valence-corrected chi connectivity index (χ1v) is 6.77. The van der Waals surface area contributed by atoms with E-state index in [1.54, 1.807) is 0 Å². The average Bonchev–Trinajstić information content (AvgIpc) is 2.88. The number of benzene rings is 1. The summed E-state index contributed by atoms with van der Waals surface area (Å²) in [6, 6.07) is 8.68. The molecule has 0 bridgehead atoms. The van der Waals surface area contributed by atoms with Gasteiger partial charge in [-0.1, -0.05) is 17.7 Å². The van der Waals surface area contributed by atoms with Crippen molar-refractivity contribution in [1.82, 2.24) is 10.2 Å². The number of likely N-dealkylation sites (tertiary alicyclic amines) is 1. The van der Waals surface area contributed by atoms with Crippen molar-refractivity contribution in [1.29, 1.82) is 0 Å². The molecule has 0 aliphatic carbocycles. The predicted molar refractivity (Wildman–Crippen MR) is 71.6 cm³/mol. The van der Waals surface area contributed by atoms with Gasteiger partial charge in [0.1, 0.15) is 0 Å². The summed E-state index contributed by atoms with van der Waals surface area (Å²) in [7, 11) is 0. The van der Waals surface area contributed by atoms with Crippen molar-refractivity contribution in [2.75, 3.05) is 13.1 Å². The Labute approximate surface area is 108 Å². The van der Waals surface area contributed by atoms with Crippen molar-refractivity contribution in [3.63, 3.8) is 0 Å². The monoisotopic (exact) mass is 244 g/mol. The minimum absolute atomic E-state index is 0.197. The third-order valence-electron chi connectivity index (χ3n) is 4.28. The highest BCUT2D eigenvalue weighted by atomic mass is 16.2. The molecule has 2 saturated heterocycles. The normalized spacial score (nSPS) is 30.6. The number of nitrogens with one attached hydrogen (secondary N) is 1. The Kier molecular flexibility index (Phi) is 2.86. The van der Waals surface area contributed by atoms with Gasteiger partial charge in [-0.2, -0.15) is 0 Å². The molecule has 1 amide bonds. The summed E-state index contributed by atoms with van der Waals surface area (Å²) in [6.45, 7) is 6.22. The van der Waals surface area contributed by atoms with Crippen molar-refractivity contribution in [3.8, 4) is 0 Å². The number of aryl methyl sites for hydroxylation is 1. The second-order valence-electron chi connectivity index (χ2n) is 5.65. The molecule has 2 fully saturated rings. The minimum Gasteiger partial charge on any atom is -0.331 e. The summed E-state index contributed by atoms with van der Waals surface area (Å²) in [4.78, 5) is 14.7. The molecule has 0 radical (unpaired) electrons. The van der Waals surface area contributed by atoms with Crippen molar-refractivity contribution < 1.29 is 4.79 Å². The fraction of sp³-hybridized carbons (Fsp3) is 0.533. The molecule has 96 valence electrons. The van der Waals surface area contributed by atoms with Crippen LogP contribution in [0.3, 0.4) is 0 Å². The van der Waals surface area contributed by atoms with Crippen molar-refractivity contribution in [2.24, 2.45) is 5.92 Å². The van der Waals surface area contributed by atoms with E-state index in [2.05, 4.69) is 17.1 Å². The molecule has 2 aliphatic rings. The summed E-state index contributed by atoms with van der Waals surface area (Å²) in [6.07, 6.45) is 1.13. The Balaban J connectivity index is 1.87. The molecular formula is C15H20N2O. The second-order valence-corrected chi connectivity index (χ2v) is 5.65. The van der Waals surface area contributed by atoms with Crippen molar-refractivity contribution in [3.05, 3.63) is 35.4 Å². The van der Waals surface area contributed by atoms with E-state index in [9.17, 15) is 4.79 Å². The fourth-order valence-electron chi connectivity index (χ4n) is 3.44. The minimum atomic E-state index is 0.197. The first-order valence-electron chi connectivity index (χ1n) is 6.77. The predicted octanol–water partition coefficient (Wildman–Crippen LogP) is 1.82. The van der Waals surface area contributed by atoms with Gasteiger partial charge in [0.2, 0.25) is 0 Å². The third kappa shape index (κ3) is 1.83. The zero-order valence-corrected chi connectivity index (χ0v) is 11.0. The maximum atomic E-state index is 12.7. The van der Waals surface area contributed by atoms with E-state index in [0.717, 1.165) is 30.6 Å². The fourth-order valence-corrected chi connectivity index (χ4v) is 3.44. The van der Waals surface area contributed by atoms with Crippen LogP contribution in [-0.2, 0) is 0 Å². The molecule has 3 atom stereocenters. The average molecular weight is 244 g/mol. The molecule has 3 rings (SSSR count). The Morgan fingerprint density at radius 2 is 2.22 bits per heavy atom. The molecule has 1 aromatic carbocycles. The van der Waals surface area contributed by atoms with Crippen LogP contribution >= 0.6 is 0 Å². The lowest BCUT2D eigenvalue weighted by atomic mass is 10.0. The number of hydrogen-bond donors (Lipinski definition) is 1. The van der Waals surface area contributed by atoms with Gasteiger partial charge < -0.3 is 10.2 Å². The highest BCUT2D eigenvalue weighted by Crippen LogP contribution is 2.33. The maximum absolute atomic E-state index is 12.7. The van der Waals surface area contributed by atoms with Crippen LogP contribution in [0.25, 0.3) is 0 Å². The van der Waals surface area contributed by atoms with Crippen LogP contribution in [0, 0.1) is 12.8 Å². The van der Waals surface area contributed by atoms with Gasteiger partial charge in [0.05, 0.1) is 0 Å². The molecule has 18 heavy (non-hydrogen) atoms. The Hall–Kier alpha value is -1.35. The van der Waals surface area contributed by atoms with Crippen LogP contribution in [0.15, 0.2) is 24.3 Å². The first kappa shape index (κ1) is 11.7. The van der Waals surface area contributed by atoms with Gasteiger partial charge in [0.25, 0.3) is 5.91 Å². The Morgan fingerprint density at radius 1 is 1.39 bits per heavy atom. The van der Waals surface area contributed by atoms with Gasteiger partial charge in [-0.25, -0.2) is 0 Å². The van der Waals surface area contributed by atoms with Gasteiger partial charge in [0.15, 0.2) is 0 Å². The van der Waals surface area contributed by atoms with E-state index in [1.165, 1.54) is 0 Å². The SMILES string of the molecule is Cc1cccc(C(=O)N2C(C)CC3CNCC32)c1. The van der Waals surface area contributed by atoms with Crippen LogP contribution in [-0.4, -0.2) is 36.0 Å². The van der Waals surface area contributed by atoms with E-state index in [-0.39, 0.29) is 5.91 Å². The lowest BCUT2D eigenvalue weighted by molar-refractivity contribution is 0.0682.